The summed E-state index contributed by atoms with van der Waals surface area (Å²) >= 11 is 0. The average Bonchev–Trinajstić information content (AvgIpc) is 0. The summed E-state index contributed by atoms with van der Waals surface area (Å²) in [4.78, 5) is 0. The average molecular weight is 295 g/mol. The van der Waals surface area contributed by atoms with Gasteiger partial charge < -0.3 is 20.3 Å². The zero-order valence-corrected chi connectivity index (χ0v) is 5.80. The molecule has 0 aromatic heterocycles. The fourth-order valence-corrected chi connectivity index (χ4v) is 0. The summed E-state index contributed by atoms with van der Waals surface area (Å²) in [5.41, 5.74) is 0. The van der Waals surface area contributed by atoms with Crippen LogP contribution in [-0.4, -0.2) is 5.48 Å². The normalized spacial score (nSPS) is 0. The Morgan fingerprint density at radius 1 is 0.750 bits per heavy atom. The second kappa shape index (κ2) is 1.67. The molecule has 0 fully saturated rings. The van der Waals surface area contributed by atoms with E-state index in [4.69, 9.17) is 0 Å². The van der Waals surface area contributed by atoms with Gasteiger partial charge in [0.25, 0.3) is 0 Å². The second-order valence-corrected chi connectivity index (χ2v) is 0. The van der Waals surface area contributed by atoms with Crippen LogP contribution >= 0.6 is 0 Å². The van der Waals surface area contributed by atoms with Crippen molar-refractivity contribution < 1.29 is 5.48 Å². The van der Waals surface area contributed by atoms with E-state index in [1.165, 1.54) is 0 Å². The third-order valence-corrected chi connectivity index (χ3v) is 0. The van der Waals surface area contributed by atoms with Crippen molar-refractivity contribution in [3.63, 3.8) is 0 Å². The fourth-order valence-electron chi connectivity index (χ4n) is 0. The van der Waals surface area contributed by atoms with Crippen molar-refractivity contribution in [1.29, 1.82) is 0 Å². The summed E-state index contributed by atoms with van der Waals surface area (Å²) in [5, 5.41) is 0. The van der Waals surface area contributed by atoms with E-state index in [9.17, 15) is 0 Å². The zero-order chi connectivity index (χ0) is 0. The van der Waals surface area contributed by atoms with Gasteiger partial charge in [-0.15, -0.1) is 0 Å². The van der Waals surface area contributed by atoms with E-state index >= 15 is 0 Å². The van der Waals surface area contributed by atoms with Crippen molar-refractivity contribution in [1.82, 2.24) is 0 Å². The first-order chi connectivity index (χ1) is 0. The summed E-state index contributed by atoms with van der Waals surface area (Å²) in [6.45, 7) is 0. The van der Waals surface area contributed by atoms with Gasteiger partial charge in [0.15, 0.2) is 0 Å². The van der Waals surface area contributed by atoms with E-state index in [0.717, 1.165) is 0 Å². The van der Waals surface area contributed by atoms with Crippen molar-refractivity contribution in [2.24, 2.45) is 0 Å². The molecule has 0 rings (SSSR count). The van der Waals surface area contributed by atoms with Crippen LogP contribution in [0.1, 0.15) is 0 Å². The Morgan fingerprint density at radius 3 is 0.750 bits per heavy atom. The molecule has 0 unspecified atom stereocenters. The molecule has 0 bridgehead atoms. The predicted octanol–water partition coefficient (Wildman–Crippen LogP) is 0.0759. The topological polar surface area (TPSA) is 31.5 Å². The summed E-state index contributed by atoms with van der Waals surface area (Å²) in [6, 6.07) is 0. The van der Waals surface area contributed by atoms with E-state index < -0.39 is 0 Å². The van der Waals surface area contributed by atoms with E-state index in [2.05, 4.69) is 0 Å². The van der Waals surface area contributed by atoms with Crippen LogP contribution in [0.2, 0.25) is 0 Å². The van der Waals surface area contributed by atoms with Crippen LogP contribution in [-0.2, 0) is 0 Å². The molecule has 0 saturated heterocycles. The molecule has 0 amide bonds. The summed E-state index contributed by atoms with van der Waals surface area (Å²) in [5.74, 6) is 0. The first kappa shape index (κ1) is 10.5. The van der Waals surface area contributed by atoms with Gasteiger partial charge in [0.05, 0.1) is 0 Å². The van der Waals surface area contributed by atoms with Gasteiger partial charge in [-0.3, -0.25) is 0 Å². The molecule has 4 heavy (non-hydrogen) atoms. The van der Waals surface area contributed by atoms with Crippen molar-refractivity contribution >= 4 is 0 Å². The van der Waals surface area contributed by atoms with E-state index in [-0.39, 0.29) is 20.3 Å². The summed E-state index contributed by atoms with van der Waals surface area (Å²) in [7, 11) is 0. The molecule has 0 saturated carbocycles. The Morgan fingerprint density at radius 2 is 0.750 bits per heavy atom. The monoisotopic (exact) mass is 291 g/mol. The minimum atomic E-state index is 0. The van der Waals surface area contributed by atoms with E-state index in [1.54, 1.807) is 0 Å². The van der Waals surface area contributed by atoms with Crippen LogP contribution in [0.5, 0.6) is 0 Å². The molecular formula is C2H8CmO-2. The van der Waals surface area contributed by atoms with Crippen LogP contribution in [0.15, 0.2) is 0 Å². The van der Waals surface area contributed by atoms with Crippen LogP contribution in [0, 0.1) is 14.9 Å². The first-order valence-corrected chi connectivity index (χ1v) is 0. The van der Waals surface area contributed by atoms with Gasteiger partial charge in [-0.05, 0) is 0 Å². The predicted molar refractivity (Wildman–Crippen MR) is 16.4 cm³/mol. The van der Waals surface area contributed by atoms with Gasteiger partial charge in [-0.25, -0.2) is 0 Å². The number of hydrogen-bond donors (Lipinski definition) is 0. The van der Waals surface area contributed by atoms with Crippen molar-refractivity contribution in [2.75, 3.05) is 0 Å². The van der Waals surface area contributed by atoms with Gasteiger partial charge in [0, 0.05) is 0 Å². The molecule has 0 heterocycles. The SMILES string of the molecule is O.[CH3-].[CH3-].[Cm]. The summed E-state index contributed by atoms with van der Waals surface area (Å²) < 4.78 is 0. The van der Waals surface area contributed by atoms with E-state index in [0.29, 0.717) is 0 Å². The third-order valence-electron chi connectivity index (χ3n) is 0. The minimum absolute atomic E-state index is 0. The molecule has 0 aliphatic rings. The molecule has 0 aromatic rings. The van der Waals surface area contributed by atoms with Crippen LogP contribution < -0.4 is 0 Å². The van der Waals surface area contributed by atoms with Crippen LogP contribution in [0.25, 0.3) is 0 Å². The molecular weight excluding hydrogens is 287 g/mol. The number of rotatable bonds is 0. The summed E-state index contributed by atoms with van der Waals surface area (Å²) in [6.07, 6.45) is 0. The smallest absolute Gasteiger partial charge is 0 e. The van der Waals surface area contributed by atoms with E-state index in [1.807, 2.05) is 0 Å². The molecule has 1 nitrogen and oxygen atoms in total. The maximum atomic E-state index is 0. The van der Waals surface area contributed by atoms with Crippen molar-refractivity contribution in [3.05, 3.63) is 14.9 Å². The molecule has 2 heteroatoms. The van der Waals surface area contributed by atoms with Gasteiger partial charge >= 0.3 is 0 Å². The molecule has 2 N–H and O–H groups in total. The molecule has 0 radical (unpaired) electrons. The Bertz CT molecular complexity index is 6.00. The Balaban J connectivity index is 0. The molecule has 0 spiro atoms. The minimum Gasteiger partial charge on any atom is -0.412 e. The standard InChI is InChI=1S/2CH3.Cm.H2O/h2*1H3;;1H2/q2*-1;;. The quantitative estimate of drug-likeness (QED) is 0.567. The fraction of sp³-hybridized carbons (Fsp3) is 0. The van der Waals surface area contributed by atoms with Gasteiger partial charge in [-0.1, -0.05) is 0 Å². The number of hydrogen-bond acceptors (Lipinski definition) is 0. The maximum absolute atomic E-state index is 0. The van der Waals surface area contributed by atoms with Gasteiger partial charge in [0.1, 0.15) is 0 Å². The molecule has 0 atom stereocenters. The first-order valence-electron chi connectivity index (χ1n) is 0. The third kappa shape index (κ3) is 0.00142. The molecule has 0 aliphatic heterocycles. The molecule has 32 valence electrons. The second-order valence-electron chi connectivity index (χ2n) is 0. The van der Waals surface area contributed by atoms with Gasteiger partial charge in [0.2, 0.25) is 0 Å². The maximum Gasteiger partial charge on any atom is 0 e. The Kier molecular flexibility index (Phi) is 4.39. The largest absolute Gasteiger partial charge is 0.412 e. The van der Waals surface area contributed by atoms with Crippen molar-refractivity contribution in [2.45, 2.75) is 0 Å². The Labute approximate surface area is 21.6 Å². The van der Waals surface area contributed by atoms with Gasteiger partial charge in [-0.2, -0.15) is 0 Å². The molecule has 0 aromatic carbocycles. The van der Waals surface area contributed by atoms with Crippen LogP contribution in [0.4, 0.5) is 0 Å². The Hall–Kier alpha value is -1.04. The van der Waals surface area contributed by atoms with Crippen LogP contribution in [0.3, 0.4) is 0 Å². The van der Waals surface area contributed by atoms with Crippen molar-refractivity contribution in [3.8, 4) is 0 Å². The molecule has 0 aliphatic carbocycles. The zero-order valence-electron chi connectivity index (χ0n) is 2.85.